The Labute approximate surface area is 174 Å². The van der Waals surface area contributed by atoms with E-state index < -0.39 is 5.60 Å². The van der Waals surface area contributed by atoms with Crippen molar-refractivity contribution in [3.8, 4) is 22.6 Å². The van der Waals surface area contributed by atoms with Crippen molar-refractivity contribution in [2.24, 2.45) is 0 Å². The number of rotatable bonds is 5. The summed E-state index contributed by atoms with van der Waals surface area (Å²) in [6.45, 7) is 0.412. The highest BCUT2D eigenvalue weighted by atomic mass is 19.1. The van der Waals surface area contributed by atoms with Gasteiger partial charge in [-0.15, -0.1) is 0 Å². The summed E-state index contributed by atoms with van der Waals surface area (Å²) in [5.41, 5.74) is 2.06. The van der Waals surface area contributed by atoms with Crippen LogP contribution < -0.4 is 5.32 Å². The van der Waals surface area contributed by atoms with E-state index in [4.69, 9.17) is 4.42 Å². The number of aromatic nitrogens is 4. The van der Waals surface area contributed by atoms with Gasteiger partial charge >= 0.3 is 5.84 Å². The summed E-state index contributed by atoms with van der Waals surface area (Å²) in [5, 5.41) is 13.9. The van der Waals surface area contributed by atoms with Gasteiger partial charge in [-0.25, -0.2) is 14.4 Å². The van der Waals surface area contributed by atoms with Gasteiger partial charge in [-0.3, -0.25) is 4.40 Å². The number of fused-ring (bicyclic) bond motifs is 1. The van der Waals surface area contributed by atoms with Gasteiger partial charge in [-0.05, 0) is 43.2 Å². The molecular formula is C22H24FN5O2. The maximum absolute atomic E-state index is 13.4. The van der Waals surface area contributed by atoms with Crippen LogP contribution in [0, 0.1) is 5.82 Å². The molecule has 0 aliphatic heterocycles. The summed E-state index contributed by atoms with van der Waals surface area (Å²) in [6, 6.07) is 7.96. The smallest absolute Gasteiger partial charge is 0.306 e. The van der Waals surface area contributed by atoms with E-state index in [1.54, 1.807) is 41.3 Å². The highest BCUT2D eigenvalue weighted by Gasteiger charge is 2.29. The molecule has 0 unspecified atom stereocenters. The highest BCUT2D eigenvalue weighted by molar-refractivity contribution is 5.79. The molecule has 5 rings (SSSR count). The lowest BCUT2D eigenvalue weighted by molar-refractivity contribution is 0.0166. The molecule has 1 aliphatic carbocycles. The second-order valence-corrected chi connectivity index (χ2v) is 7.78. The van der Waals surface area contributed by atoms with Gasteiger partial charge in [0.25, 0.3) is 0 Å². The van der Waals surface area contributed by atoms with E-state index in [0.717, 1.165) is 36.9 Å². The van der Waals surface area contributed by atoms with E-state index in [1.807, 2.05) is 0 Å². The van der Waals surface area contributed by atoms with Gasteiger partial charge in [-0.2, -0.15) is 4.98 Å². The van der Waals surface area contributed by atoms with Crippen LogP contribution in [0.25, 0.3) is 28.5 Å². The molecule has 0 bridgehead atoms. The van der Waals surface area contributed by atoms with Gasteiger partial charge in [0.15, 0.2) is 0 Å². The molecule has 1 fully saturated rings. The van der Waals surface area contributed by atoms with Crippen molar-refractivity contribution in [2.45, 2.75) is 37.7 Å². The molecule has 3 aromatic heterocycles. The lowest BCUT2D eigenvalue weighted by Crippen LogP contribution is -2.39. The molecule has 0 atom stereocenters. The largest absolute Gasteiger partial charge is 0.432 e. The third-order valence-corrected chi connectivity index (χ3v) is 5.64. The zero-order valence-electron chi connectivity index (χ0n) is 16.4. The molecule has 0 amide bonds. The topological polar surface area (TPSA) is 88.5 Å². The van der Waals surface area contributed by atoms with Gasteiger partial charge in [-0.1, -0.05) is 19.3 Å². The fourth-order valence-electron chi connectivity index (χ4n) is 4.05. The van der Waals surface area contributed by atoms with E-state index in [0.29, 0.717) is 29.7 Å². The first-order valence-electron chi connectivity index (χ1n) is 10.1. The quantitative estimate of drug-likeness (QED) is 0.503. The summed E-state index contributed by atoms with van der Waals surface area (Å²) in [7, 11) is 0. The number of hydrogen-bond acceptors (Lipinski definition) is 6. The van der Waals surface area contributed by atoms with Crippen LogP contribution in [0.5, 0.6) is 0 Å². The van der Waals surface area contributed by atoms with E-state index in [2.05, 4.69) is 20.3 Å². The Bertz CT molecular complexity index is 1170. The predicted molar refractivity (Wildman–Crippen MR) is 113 cm³/mol. The summed E-state index contributed by atoms with van der Waals surface area (Å²) in [4.78, 5) is 13.5. The first kappa shape index (κ1) is 18.7. The molecule has 30 heavy (non-hydrogen) atoms. The minimum Gasteiger partial charge on any atom is -0.432 e. The third-order valence-electron chi connectivity index (χ3n) is 5.64. The molecule has 0 saturated heterocycles. The molecule has 0 spiro atoms. The highest BCUT2D eigenvalue weighted by Crippen LogP contribution is 2.33. The van der Waals surface area contributed by atoms with E-state index in [-0.39, 0.29) is 7.24 Å². The van der Waals surface area contributed by atoms with Crippen LogP contribution in [0.1, 0.15) is 33.5 Å². The maximum atomic E-state index is 13.4. The van der Waals surface area contributed by atoms with Crippen molar-refractivity contribution in [1.82, 2.24) is 19.4 Å². The number of anilines is 1. The number of oxazole rings is 1. The molecular weight excluding hydrogens is 385 g/mol. The number of nitrogens with one attached hydrogen (secondary N) is 1. The van der Waals surface area contributed by atoms with Crippen molar-refractivity contribution >= 4 is 11.8 Å². The molecule has 4 aromatic rings. The molecule has 1 saturated carbocycles. The molecule has 0 radical (unpaired) electrons. The maximum Gasteiger partial charge on any atom is 0.306 e. The molecule has 1 aromatic carbocycles. The van der Waals surface area contributed by atoms with Gasteiger partial charge in [0, 0.05) is 25.9 Å². The van der Waals surface area contributed by atoms with Gasteiger partial charge in [0.1, 0.15) is 23.5 Å². The first-order valence-corrected chi connectivity index (χ1v) is 10.1. The van der Waals surface area contributed by atoms with E-state index >= 15 is 0 Å². The first-order chi connectivity index (χ1) is 14.6. The number of imidazole rings is 1. The van der Waals surface area contributed by atoms with Crippen LogP contribution in [0.3, 0.4) is 0 Å². The Hall–Kier alpha value is -3.26. The van der Waals surface area contributed by atoms with Gasteiger partial charge < -0.3 is 14.8 Å². The van der Waals surface area contributed by atoms with E-state index in [9.17, 15) is 9.50 Å². The average molecular weight is 409 g/mol. The van der Waals surface area contributed by atoms with Crippen LogP contribution in [-0.4, -0.2) is 36.6 Å². The number of hydrogen-bond donors (Lipinski definition) is 2. The molecule has 1 aliphatic rings. The standard InChI is InChI=1S/C22H22FN5O2.H2/c23-16-6-4-15(5-7-16)18-19(28-12-13-30-21(28)27-18)17-8-11-24-20(26-17)25-14-22(29)9-2-1-3-10-22;/h4-8,11-13,29H,1-3,9-10,14H2,(H,24,25,26);1H. The van der Waals surface area contributed by atoms with Gasteiger partial charge in [0.2, 0.25) is 5.95 Å². The zero-order valence-corrected chi connectivity index (χ0v) is 16.4. The zero-order chi connectivity index (χ0) is 20.6. The minimum atomic E-state index is -0.717. The Morgan fingerprint density at radius 2 is 1.93 bits per heavy atom. The second kappa shape index (κ2) is 7.53. The fraction of sp³-hybridized carbons (Fsp3) is 0.318. The Morgan fingerprint density at radius 3 is 2.73 bits per heavy atom. The summed E-state index contributed by atoms with van der Waals surface area (Å²) in [6.07, 6.45) is 9.80. The average Bonchev–Trinajstić information content (AvgIpc) is 3.35. The van der Waals surface area contributed by atoms with Crippen LogP contribution in [0.15, 0.2) is 53.4 Å². The van der Waals surface area contributed by atoms with Gasteiger partial charge in [0.05, 0.1) is 11.3 Å². The number of nitrogens with zero attached hydrogens (tertiary/aromatic N) is 4. The van der Waals surface area contributed by atoms with E-state index in [1.165, 1.54) is 18.6 Å². The number of aliphatic hydroxyl groups is 1. The molecule has 2 N–H and O–H groups in total. The normalized spacial score (nSPS) is 16.1. The molecule has 7 nitrogen and oxygen atoms in total. The lowest BCUT2D eigenvalue weighted by atomic mass is 9.85. The summed E-state index contributed by atoms with van der Waals surface area (Å²) < 4.78 is 20.7. The molecule has 156 valence electrons. The van der Waals surface area contributed by atoms with Crippen LogP contribution in [0.4, 0.5) is 10.3 Å². The summed E-state index contributed by atoms with van der Waals surface area (Å²) >= 11 is 0. The Balaban J connectivity index is 0.00000231. The SMILES string of the molecule is OC1(CNc2nccc(-c3c(-c4ccc(F)cc4)nc4occn34)n2)CCCCC1.[HH]. The van der Waals surface area contributed by atoms with Crippen molar-refractivity contribution in [3.63, 3.8) is 0 Å². The fourth-order valence-corrected chi connectivity index (χ4v) is 4.05. The monoisotopic (exact) mass is 409 g/mol. The molecule has 8 heteroatoms. The van der Waals surface area contributed by atoms with Crippen molar-refractivity contribution in [1.29, 1.82) is 0 Å². The van der Waals surface area contributed by atoms with Crippen molar-refractivity contribution in [2.75, 3.05) is 11.9 Å². The van der Waals surface area contributed by atoms with Crippen LogP contribution in [0.2, 0.25) is 0 Å². The minimum absolute atomic E-state index is 0. The number of benzene rings is 1. The second-order valence-electron chi connectivity index (χ2n) is 7.78. The third kappa shape index (κ3) is 3.54. The Morgan fingerprint density at radius 1 is 1.13 bits per heavy atom. The van der Waals surface area contributed by atoms with Crippen LogP contribution >= 0.6 is 0 Å². The Kier molecular flexibility index (Phi) is 4.71. The lowest BCUT2D eigenvalue weighted by Gasteiger charge is -2.32. The van der Waals surface area contributed by atoms with Crippen molar-refractivity contribution < 1.29 is 15.3 Å². The summed E-state index contributed by atoms with van der Waals surface area (Å²) in [5.74, 6) is 0.557. The molecule has 3 heterocycles. The van der Waals surface area contributed by atoms with Crippen molar-refractivity contribution in [3.05, 3.63) is 54.8 Å². The predicted octanol–water partition coefficient (Wildman–Crippen LogP) is 4.54. The van der Waals surface area contributed by atoms with Crippen LogP contribution in [-0.2, 0) is 0 Å². The number of halogens is 1.